The number of nitro groups is 1. The van der Waals surface area contributed by atoms with Gasteiger partial charge in [0.15, 0.2) is 0 Å². The molecule has 7 heteroatoms. The summed E-state index contributed by atoms with van der Waals surface area (Å²) in [6.45, 7) is 0. The third-order valence-electron chi connectivity index (χ3n) is 2.69. The van der Waals surface area contributed by atoms with Crippen LogP contribution in [0.2, 0.25) is 0 Å². The fourth-order valence-electron chi connectivity index (χ4n) is 1.70. The van der Waals surface area contributed by atoms with Crippen molar-refractivity contribution in [1.82, 2.24) is 4.57 Å². The van der Waals surface area contributed by atoms with E-state index < -0.39 is 22.1 Å². The number of hydrogen-bond donors (Lipinski definition) is 0. The summed E-state index contributed by atoms with van der Waals surface area (Å²) in [6, 6.07) is 8.53. The molecule has 0 saturated heterocycles. The van der Waals surface area contributed by atoms with Crippen LogP contribution in [-0.4, -0.2) is 22.6 Å². The maximum absolute atomic E-state index is 11.9. The van der Waals surface area contributed by atoms with Crippen molar-refractivity contribution in [3.63, 3.8) is 0 Å². The van der Waals surface area contributed by atoms with Crippen LogP contribution < -0.4 is 5.56 Å². The molecule has 1 aromatic heterocycles. The molecule has 0 N–H and O–H groups in total. The van der Waals surface area contributed by atoms with Gasteiger partial charge in [-0.15, -0.1) is 0 Å². The number of benzene rings is 1. The van der Waals surface area contributed by atoms with Crippen LogP contribution in [0.5, 0.6) is 0 Å². The first kappa shape index (κ1) is 13.5. The van der Waals surface area contributed by atoms with E-state index in [-0.39, 0.29) is 0 Å². The zero-order valence-electron chi connectivity index (χ0n) is 10.5. The van der Waals surface area contributed by atoms with E-state index in [0.717, 1.165) is 10.6 Å². The fourth-order valence-corrected chi connectivity index (χ4v) is 1.70. The molecule has 0 bridgehead atoms. The number of aromatic nitrogens is 1. The lowest BCUT2D eigenvalue weighted by molar-refractivity contribution is -0.386. The van der Waals surface area contributed by atoms with Gasteiger partial charge in [0.2, 0.25) is 0 Å². The molecule has 0 aliphatic rings. The third-order valence-corrected chi connectivity index (χ3v) is 2.69. The SMILES string of the molecule is COC(=O)c1ccc(-n2cccc([N+](=O)[O-])c2=O)cc1. The highest BCUT2D eigenvalue weighted by Gasteiger charge is 2.14. The van der Waals surface area contributed by atoms with Crippen molar-refractivity contribution in [3.8, 4) is 5.69 Å². The van der Waals surface area contributed by atoms with Gasteiger partial charge in [0.1, 0.15) is 0 Å². The van der Waals surface area contributed by atoms with Gasteiger partial charge in [0.25, 0.3) is 0 Å². The lowest BCUT2D eigenvalue weighted by atomic mass is 10.2. The van der Waals surface area contributed by atoms with E-state index in [4.69, 9.17) is 0 Å². The summed E-state index contributed by atoms with van der Waals surface area (Å²) in [5, 5.41) is 10.7. The third kappa shape index (κ3) is 2.41. The summed E-state index contributed by atoms with van der Waals surface area (Å²) in [5.41, 5.74) is -0.492. The lowest BCUT2D eigenvalue weighted by Gasteiger charge is -2.06. The molecule has 0 saturated carbocycles. The molecule has 2 aromatic rings. The molecule has 102 valence electrons. The number of nitrogens with zero attached hydrogens (tertiary/aromatic N) is 2. The van der Waals surface area contributed by atoms with Crippen LogP contribution in [0, 0.1) is 10.1 Å². The Bertz CT molecular complexity index is 718. The normalized spacial score (nSPS) is 10.1. The van der Waals surface area contributed by atoms with Gasteiger partial charge in [-0.2, -0.15) is 0 Å². The van der Waals surface area contributed by atoms with Crippen LogP contribution in [-0.2, 0) is 4.74 Å². The van der Waals surface area contributed by atoms with E-state index in [9.17, 15) is 19.7 Å². The number of carbonyl (C=O) groups is 1. The van der Waals surface area contributed by atoms with Crippen molar-refractivity contribution in [2.75, 3.05) is 7.11 Å². The summed E-state index contributed by atoms with van der Waals surface area (Å²) < 4.78 is 5.70. The topological polar surface area (TPSA) is 91.4 Å². The quantitative estimate of drug-likeness (QED) is 0.481. The van der Waals surface area contributed by atoms with Gasteiger partial charge in [-0.25, -0.2) is 4.79 Å². The van der Waals surface area contributed by atoms with Crippen LogP contribution in [0.3, 0.4) is 0 Å². The Hall–Kier alpha value is -2.96. The second kappa shape index (κ2) is 5.35. The molecule has 20 heavy (non-hydrogen) atoms. The monoisotopic (exact) mass is 274 g/mol. The molecule has 2 rings (SSSR count). The van der Waals surface area contributed by atoms with Gasteiger partial charge in [0, 0.05) is 18.0 Å². The molecule has 0 radical (unpaired) electrons. The van der Waals surface area contributed by atoms with Crippen LogP contribution in [0.15, 0.2) is 47.4 Å². The van der Waals surface area contributed by atoms with Crippen LogP contribution >= 0.6 is 0 Å². The van der Waals surface area contributed by atoms with Gasteiger partial charge < -0.3 is 4.74 Å². The Balaban J connectivity index is 2.47. The number of esters is 1. The van der Waals surface area contributed by atoms with Crippen molar-refractivity contribution in [1.29, 1.82) is 0 Å². The molecular weight excluding hydrogens is 264 g/mol. The Kier molecular flexibility index (Phi) is 3.60. The highest BCUT2D eigenvalue weighted by molar-refractivity contribution is 5.89. The second-order valence-electron chi connectivity index (χ2n) is 3.86. The Labute approximate surface area is 113 Å². The highest BCUT2D eigenvalue weighted by Crippen LogP contribution is 2.11. The summed E-state index contributed by atoms with van der Waals surface area (Å²) in [4.78, 5) is 33.2. The smallest absolute Gasteiger partial charge is 0.337 e. The molecule has 0 aliphatic heterocycles. The number of carbonyl (C=O) groups excluding carboxylic acids is 1. The van der Waals surface area contributed by atoms with E-state index in [1.54, 1.807) is 0 Å². The first-order valence-electron chi connectivity index (χ1n) is 5.59. The average Bonchev–Trinajstić information content (AvgIpc) is 2.46. The maximum atomic E-state index is 11.9. The number of hydrogen-bond acceptors (Lipinski definition) is 5. The van der Waals surface area contributed by atoms with Gasteiger partial charge in [-0.05, 0) is 30.3 Å². The molecular formula is C13H10N2O5. The van der Waals surface area contributed by atoms with E-state index in [1.165, 1.54) is 43.6 Å². The molecule has 0 fully saturated rings. The summed E-state index contributed by atoms with van der Waals surface area (Å²) in [7, 11) is 1.27. The van der Waals surface area contributed by atoms with Crippen LogP contribution in [0.25, 0.3) is 5.69 Å². The maximum Gasteiger partial charge on any atom is 0.337 e. The minimum absolute atomic E-state index is 0.328. The van der Waals surface area contributed by atoms with Crippen molar-refractivity contribution in [2.24, 2.45) is 0 Å². The fraction of sp³-hybridized carbons (Fsp3) is 0.0769. The lowest BCUT2D eigenvalue weighted by Crippen LogP contribution is -2.20. The van der Waals surface area contributed by atoms with Gasteiger partial charge >= 0.3 is 17.2 Å². The van der Waals surface area contributed by atoms with Crippen molar-refractivity contribution in [3.05, 3.63) is 68.6 Å². The van der Waals surface area contributed by atoms with E-state index in [1.807, 2.05) is 0 Å². The van der Waals surface area contributed by atoms with Crippen molar-refractivity contribution >= 4 is 11.7 Å². The predicted molar refractivity (Wildman–Crippen MR) is 70.0 cm³/mol. The average molecular weight is 274 g/mol. The Morgan fingerprint density at radius 2 is 1.90 bits per heavy atom. The molecule has 0 spiro atoms. The Morgan fingerprint density at radius 3 is 2.45 bits per heavy atom. The van der Waals surface area contributed by atoms with Gasteiger partial charge in [-0.1, -0.05) is 0 Å². The van der Waals surface area contributed by atoms with E-state index in [0.29, 0.717) is 11.3 Å². The zero-order valence-corrected chi connectivity index (χ0v) is 10.5. The van der Waals surface area contributed by atoms with Gasteiger partial charge in [0.05, 0.1) is 17.6 Å². The standard InChI is InChI=1S/C13H10N2O5/c1-20-13(17)9-4-6-10(7-5-9)14-8-2-3-11(12(14)16)15(18)19/h2-8H,1H3. The summed E-state index contributed by atoms with van der Waals surface area (Å²) >= 11 is 0. The molecule has 0 unspecified atom stereocenters. The van der Waals surface area contributed by atoms with Gasteiger partial charge in [-0.3, -0.25) is 19.5 Å². The first-order chi connectivity index (χ1) is 9.54. The second-order valence-corrected chi connectivity index (χ2v) is 3.86. The van der Waals surface area contributed by atoms with Crippen LogP contribution in [0.4, 0.5) is 5.69 Å². The number of methoxy groups -OCH3 is 1. The van der Waals surface area contributed by atoms with Crippen molar-refractivity contribution in [2.45, 2.75) is 0 Å². The van der Waals surface area contributed by atoms with E-state index in [2.05, 4.69) is 4.74 Å². The van der Waals surface area contributed by atoms with E-state index >= 15 is 0 Å². The molecule has 1 heterocycles. The summed E-state index contributed by atoms with van der Waals surface area (Å²) in [5.74, 6) is -0.497. The first-order valence-corrected chi connectivity index (χ1v) is 5.59. The number of rotatable bonds is 3. The van der Waals surface area contributed by atoms with Crippen LogP contribution in [0.1, 0.15) is 10.4 Å². The molecule has 0 aliphatic carbocycles. The zero-order chi connectivity index (χ0) is 14.7. The highest BCUT2D eigenvalue weighted by atomic mass is 16.6. The predicted octanol–water partition coefficient (Wildman–Crippen LogP) is 1.53. The summed E-state index contributed by atoms with van der Waals surface area (Å²) in [6.07, 6.45) is 1.42. The molecule has 7 nitrogen and oxygen atoms in total. The Morgan fingerprint density at radius 1 is 1.25 bits per heavy atom. The molecule has 1 aromatic carbocycles. The minimum Gasteiger partial charge on any atom is -0.465 e. The van der Waals surface area contributed by atoms with Crippen molar-refractivity contribution < 1.29 is 14.5 Å². The number of pyridine rings is 1. The minimum atomic E-state index is -0.734. The molecule has 0 amide bonds. The largest absolute Gasteiger partial charge is 0.465 e. The molecule has 0 atom stereocenters. The number of ether oxygens (including phenoxy) is 1.